The molecule has 0 spiro atoms. The molecule has 0 aliphatic heterocycles. The van der Waals surface area contributed by atoms with E-state index in [9.17, 15) is 4.79 Å². The fourth-order valence-electron chi connectivity index (χ4n) is 3.60. The van der Waals surface area contributed by atoms with Crippen molar-refractivity contribution in [2.24, 2.45) is 0 Å². The molecule has 33 heavy (non-hydrogen) atoms. The third kappa shape index (κ3) is 5.21. The van der Waals surface area contributed by atoms with Crippen LogP contribution in [-0.2, 0) is 16.0 Å². The van der Waals surface area contributed by atoms with Crippen molar-refractivity contribution in [3.05, 3.63) is 66.5 Å². The molecular formula is C26H26N2O5. The number of rotatable bonds is 10. The van der Waals surface area contributed by atoms with E-state index in [-0.39, 0.29) is 25.7 Å². The van der Waals surface area contributed by atoms with Gasteiger partial charge >= 0.3 is 5.97 Å². The fraction of sp³-hybridized carbons (Fsp3) is 0.269. The van der Waals surface area contributed by atoms with Crippen molar-refractivity contribution in [3.8, 4) is 28.3 Å². The lowest BCUT2D eigenvalue weighted by atomic mass is 9.98. The highest BCUT2D eigenvalue weighted by Gasteiger charge is 2.23. The maximum Gasteiger partial charge on any atom is 0.305 e. The van der Waals surface area contributed by atoms with Crippen molar-refractivity contribution >= 4 is 17.1 Å². The Bertz CT molecular complexity index is 1220. The number of aliphatic carboxylic acids is 1. The summed E-state index contributed by atoms with van der Waals surface area (Å²) < 4.78 is 17.8. The second kappa shape index (κ2) is 10.3. The van der Waals surface area contributed by atoms with E-state index < -0.39 is 5.97 Å². The molecule has 0 bridgehead atoms. The normalized spacial score (nSPS) is 12.1. The van der Waals surface area contributed by atoms with E-state index in [0.717, 1.165) is 23.1 Å². The molecule has 1 atom stereocenters. The van der Waals surface area contributed by atoms with Gasteiger partial charge in [0.25, 0.3) is 0 Å². The molecule has 2 aromatic carbocycles. The van der Waals surface area contributed by atoms with Crippen molar-refractivity contribution < 1.29 is 23.8 Å². The predicted molar refractivity (Wildman–Crippen MR) is 125 cm³/mol. The topological polar surface area (TPSA) is 94.7 Å². The average molecular weight is 447 g/mol. The molecule has 1 unspecified atom stereocenters. The molecule has 4 rings (SSSR count). The van der Waals surface area contributed by atoms with Gasteiger partial charge in [0, 0.05) is 11.1 Å². The van der Waals surface area contributed by atoms with E-state index in [4.69, 9.17) is 19.0 Å². The van der Waals surface area contributed by atoms with Crippen molar-refractivity contribution in [2.45, 2.75) is 32.8 Å². The summed E-state index contributed by atoms with van der Waals surface area (Å²) in [5, 5.41) is 9.45. The van der Waals surface area contributed by atoms with E-state index in [0.29, 0.717) is 22.7 Å². The molecular weight excluding hydrogens is 420 g/mol. The quantitative estimate of drug-likeness (QED) is 0.327. The van der Waals surface area contributed by atoms with E-state index in [1.54, 1.807) is 0 Å². The van der Waals surface area contributed by atoms with Crippen LogP contribution < -0.4 is 4.74 Å². The Morgan fingerprint density at radius 3 is 2.52 bits per heavy atom. The highest BCUT2D eigenvalue weighted by molar-refractivity contribution is 6.03. The van der Waals surface area contributed by atoms with Crippen LogP contribution in [0.15, 0.2) is 65.3 Å². The number of carboxylic acids is 1. The summed E-state index contributed by atoms with van der Waals surface area (Å²) in [7, 11) is 0. The first-order chi connectivity index (χ1) is 16.1. The Hall–Kier alpha value is -3.71. The zero-order chi connectivity index (χ0) is 23.2. The predicted octanol–water partition coefficient (Wildman–Crippen LogP) is 5.38. The standard InChI is InChI=1S/C26H26N2O5/c1-3-18-9-11-19(12-10-18)22-23-25(32-17(2)15-31-14-13-21(29)30)27-16-28-26(23)33-24(22)20-7-5-4-6-8-20/h4-12,16-17H,3,13-15H2,1-2H3,(H,29,30). The van der Waals surface area contributed by atoms with Crippen LogP contribution in [0.3, 0.4) is 0 Å². The van der Waals surface area contributed by atoms with Gasteiger partial charge in [-0.05, 0) is 24.5 Å². The van der Waals surface area contributed by atoms with Crippen LogP contribution in [0.1, 0.15) is 25.8 Å². The van der Waals surface area contributed by atoms with E-state index in [2.05, 4.69) is 41.2 Å². The van der Waals surface area contributed by atoms with Gasteiger partial charge in [-0.15, -0.1) is 0 Å². The van der Waals surface area contributed by atoms with Gasteiger partial charge in [0.15, 0.2) is 0 Å². The Labute approximate surface area is 192 Å². The van der Waals surface area contributed by atoms with Gasteiger partial charge < -0.3 is 19.0 Å². The summed E-state index contributed by atoms with van der Waals surface area (Å²) in [5.74, 6) is 0.201. The molecule has 0 aliphatic rings. The molecule has 0 fully saturated rings. The van der Waals surface area contributed by atoms with Crippen LogP contribution in [0.4, 0.5) is 0 Å². The van der Waals surface area contributed by atoms with Crippen LogP contribution in [0, 0.1) is 0 Å². The molecule has 1 N–H and O–H groups in total. The average Bonchev–Trinajstić information content (AvgIpc) is 3.23. The Morgan fingerprint density at radius 2 is 1.82 bits per heavy atom. The SMILES string of the molecule is CCc1ccc(-c2c(-c3ccccc3)oc3ncnc(OC(C)COCCC(=O)O)c23)cc1. The lowest BCUT2D eigenvalue weighted by molar-refractivity contribution is -0.138. The minimum Gasteiger partial charge on any atom is -0.481 e. The van der Waals surface area contributed by atoms with Crippen molar-refractivity contribution in [1.82, 2.24) is 9.97 Å². The molecule has 4 aromatic rings. The molecule has 2 heterocycles. The number of ether oxygens (including phenoxy) is 2. The lowest BCUT2D eigenvalue weighted by Gasteiger charge is -2.15. The van der Waals surface area contributed by atoms with Gasteiger partial charge in [0.05, 0.1) is 19.6 Å². The number of hydrogen-bond acceptors (Lipinski definition) is 6. The number of aromatic nitrogens is 2. The third-order valence-corrected chi connectivity index (χ3v) is 5.27. The Morgan fingerprint density at radius 1 is 1.06 bits per heavy atom. The maximum atomic E-state index is 10.7. The number of carbonyl (C=O) groups is 1. The molecule has 0 radical (unpaired) electrons. The highest BCUT2D eigenvalue weighted by atomic mass is 16.5. The summed E-state index contributed by atoms with van der Waals surface area (Å²) in [6.07, 6.45) is 1.97. The summed E-state index contributed by atoms with van der Waals surface area (Å²) in [6.45, 7) is 4.34. The van der Waals surface area contributed by atoms with Crippen LogP contribution in [0.2, 0.25) is 0 Å². The fourth-order valence-corrected chi connectivity index (χ4v) is 3.60. The molecule has 170 valence electrons. The van der Waals surface area contributed by atoms with Crippen molar-refractivity contribution in [2.75, 3.05) is 13.2 Å². The molecule has 2 aromatic heterocycles. The third-order valence-electron chi connectivity index (χ3n) is 5.27. The Kier molecular flexibility index (Phi) is 7.00. The molecule has 0 aliphatic carbocycles. The molecule has 0 saturated heterocycles. The summed E-state index contributed by atoms with van der Waals surface area (Å²) in [6, 6.07) is 18.2. The molecule has 0 saturated carbocycles. The van der Waals surface area contributed by atoms with Gasteiger partial charge in [-0.25, -0.2) is 9.97 Å². The second-order valence-electron chi connectivity index (χ2n) is 7.73. The van der Waals surface area contributed by atoms with E-state index >= 15 is 0 Å². The van der Waals surface area contributed by atoms with Gasteiger partial charge in [0.1, 0.15) is 23.6 Å². The minimum absolute atomic E-state index is 0.0510. The van der Waals surface area contributed by atoms with Crippen LogP contribution in [-0.4, -0.2) is 40.4 Å². The minimum atomic E-state index is -0.897. The first-order valence-corrected chi connectivity index (χ1v) is 10.9. The summed E-state index contributed by atoms with van der Waals surface area (Å²) in [4.78, 5) is 19.4. The van der Waals surface area contributed by atoms with Crippen LogP contribution >= 0.6 is 0 Å². The molecule has 7 nitrogen and oxygen atoms in total. The first-order valence-electron chi connectivity index (χ1n) is 10.9. The summed E-state index contributed by atoms with van der Waals surface area (Å²) >= 11 is 0. The van der Waals surface area contributed by atoms with Crippen molar-refractivity contribution in [3.63, 3.8) is 0 Å². The maximum absolute atomic E-state index is 10.7. The number of hydrogen-bond donors (Lipinski definition) is 1. The number of aryl methyl sites for hydroxylation is 1. The van der Waals surface area contributed by atoms with E-state index in [1.165, 1.54) is 11.9 Å². The summed E-state index contributed by atoms with van der Waals surface area (Å²) in [5.41, 5.74) is 4.46. The number of carboxylic acid groups (broad SMARTS) is 1. The van der Waals surface area contributed by atoms with Gasteiger partial charge in [-0.1, -0.05) is 61.5 Å². The number of furan rings is 1. The lowest BCUT2D eigenvalue weighted by Crippen LogP contribution is -2.20. The zero-order valence-electron chi connectivity index (χ0n) is 18.7. The van der Waals surface area contributed by atoms with Crippen LogP contribution in [0.25, 0.3) is 33.6 Å². The molecule has 0 amide bonds. The largest absolute Gasteiger partial charge is 0.481 e. The van der Waals surface area contributed by atoms with Crippen LogP contribution in [0.5, 0.6) is 5.88 Å². The van der Waals surface area contributed by atoms with E-state index in [1.807, 2.05) is 37.3 Å². The van der Waals surface area contributed by atoms with Gasteiger partial charge in [0.2, 0.25) is 11.6 Å². The molecule has 7 heteroatoms. The van der Waals surface area contributed by atoms with Crippen molar-refractivity contribution in [1.29, 1.82) is 0 Å². The second-order valence-corrected chi connectivity index (χ2v) is 7.73. The number of fused-ring (bicyclic) bond motifs is 1. The highest BCUT2D eigenvalue weighted by Crippen LogP contribution is 2.43. The zero-order valence-corrected chi connectivity index (χ0v) is 18.7. The Balaban J connectivity index is 1.74. The smallest absolute Gasteiger partial charge is 0.305 e. The number of nitrogens with zero attached hydrogens (tertiary/aromatic N) is 2. The monoisotopic (exact) mass is 446 g/mol. The van der Waals surface area contributed by atoms with Gasteiger partial charge in [-0.3, -0.25) is 4.79 Å². The first kappa shape index (κ1) is 22.5. The van der Waals surface area contributed by atoms with Gasteiger partial charge in [-0.2, -0.15) is 0 Å². The number of benzene rings is 2.